The first-order chi connectivity index (χ1) is 10.6. The Balaban J connectivity index is 1.85. The van der Waals surface area contributed by atoms with Gasteiger partial charge in [0, 0.05) is 38.6 Å². The summed E-state index contributed by atoms with van der Waals surface area (Å²) in [6, 6.07) is 0. The summed E-state index contributed by atoms with van der Waals surface area (Å²) in [6.45, 7) is 6.39. The van der Waals surface area contributed by atoms with Crippen molar-refractivity contribution in [2.24, 2.45) is 11.8 Å². The van der Waals surface area contributed by atoms with Gasteiger partial charge in [0.2, 0.25) is 5.91 Å². The molecule has 2 atom stereocenters. The van der Waals surface area contributed by atoms with Crippen LogP contribution in [-0.4, -0.2) is 65.3 Å². The fraction of sp³-hybridized carbons (Fsp3) is 0.938. The Morgan fingerprint density at radius 3 is 2.26 bits per heavy atom. The second-order valence-electron chi connectivity index (χ2n) is 7.52. The Hall–Kier alpha value is -0.820. The lowest BCUT2D eigenvalue weighted by Crippen LogP contribution is -2.53. The number of amides is 1. The van der Waals surface area contributed by atoms with Crippen molar-refractivity contribution in [3.05, 3.63) is 0 Å². The largest absolute Gasteiger partial charge is 0.391 e. The molecule has 2 fully saturated rings. The molecule has 1 aliphatic heterocycles. The molecule has 1 amide bonds. The van der Waals surface area contributed by atoms with Crippen LogP contribution in [0.3, 0.4) is 0 Å². The second-order valence-corrected chi connectivity index (χ2v) is 7.52. The van der Waals surface area contributed by atoms with Crippen LogP contribution in [0.5, 0.6) is 0 Å². The van der Waals surface area contributed by atoms with E-state index >= 15 is 0 Å². The van der Waals surface area contributed by atoms with Crippen molar-refractivity contribution in [3.8, 4) is 0 Å². The van der Waals surface area contributed by atoms with Crippen molar-refractivity contribution in [2.45, 2.75) is 51.3 Å². The predicted molar refractivity (Wildman–Crippen MR) is 80.8 cm³/mol. The highest BCUT2D eigenvalue weighted by atomic mass is 19.4. The standard InChI is InChI=1S/C16H27F3N2O2/c1-15(2,23)11-20-6-8-21(9-7-20)14(22)12-4-3-5-13(10-12)16(17,18)19/h12-13,23H,3-11H2,1-2H3/t12-,13-/m0/s1. The fourth-order valence-electron chi connectivity index (χ4n) is 3.64. The highest BCUT2D eigenvalue weighted by molar-refractivity contribution is 5.79. The van der Waals surface area contributed by atoms with Crippen molar-refractivity contribution in [1.29, 1.82) is 0 Å². The van der Waals surface area contributed by atoms with Crippen LogP contribution in [0, 0.1) is 11.8 Å². The Labute approximate surface area is 135 Å². The first kappa shape index (κ1) is 18.5. The third-order valence-electron chi connectivity index (χ3n) is 4.78. The number of carbonyl (C=O) groups is 1. The average molecular weight is 336 g/mol. The lowest BCUT2D eigenvalue weighted by atomic mass is 9.80. The van der Waals surface area contributed by atoms with E-state index in [1.807, 2.05) is 0 Å². The van der Waals surface area contributed by atoms with Gasteiger partial charge in [-0.15, -0.1) is 0 Å². The highest BCUT2D eigenvalue weighted by Crippen LogP contribution is 2.40. The normalized spacial score (nSPS) is 28.0. The molecule has 0 aromatic carbocycles. The van der Waals surface area contributed by atoms with Crippen molar-refractivity contribution < 1.29 is 23.1 Å². The number of carbonyl (C=O) groups excluding carboxylic acids is 1. The first-order valence-electron chi connectivity index (χ1n) is 8.36. The Kier molecular flexibility index (Phi) is 5.61. The first-order valence-corrected chi connectivity index (χ1v) is 8.36. The summed E-state index contributed by atoms with van der Waals surface area (Å²) in [5, 5.41) is 9.83. The number of β-amino-alcohol motifs (C(OH)–C–C–N with tert-alkyl or cyclic N) is 1. The van der Waals surface area contributed by atoms with E-state index in [4.69, 9.17) is 0 Å². The third kappa shape index (κ3) is 5.35. The monoisotopic (exact) mass is 336 g/mol. The molecule has 134 valence electrons. The van der Waals surface area contributed by atoms with Crippen LogP contribution in [0.25, 0.3) is 0 Å². The minimum absolute atomic E-state index is 0.0633. The van der Waals surface area contributed by atoms with Crippen LogP contribution in [0.4, 0.5) is 13.2 Å². The molecule has 1 heterocycles. The van der Waals surface area contributed by atoms with Gasteiger partial charge in [0.1, 0.15) is 0 Å². The van der Waals surface area contributed by atoms with E-state index in [1.54, 1.807) is 18.7 Å². The van der Waals surface area contributed by atoms with Gasteiger partial charge in [-0.3, -0.25) is 9.69 Å². The Morgan fingerprint density at radius 2 is 1.74 bits per heavy atom. The number of aliphatic hydroxyl groups is 1. The van der Waals surface area contributed by atoms with E-state index in [0.717, 1.165) is 0 Å². The minimum atomic E-state index is -4.19. The van der Waals surface area contributed by atoms with Crippen LogP contribution < -0.4 is 0 Å². The van der Waals surface area contributed by atoms with E-state index in [1.165, 1.54) is 0 Å². The molecule has 0 spiro atoms. The molecule has 0 aromatic heterocycles. The number of alkyl halides is 3. The van der Waals surface area contributed by atoms with Gasteiger partial charge in [0.25, 0.3) is 0 Å². The predicted octanol–water partition coefficient (Wildman–Crippen LogP) is 2.27. The summed E-state index contributed by atoms with van der Waals surface area (Å²) in [6.07, 6.45) is -3.07. The van der Waals surface area contributed by atoms with Crippen molar-refractivity contribution in [1.82, 2.24) is 9.80 Å². The van der Waals surface area contributed by atoms with E-state index in [2.05, 4.69) is 4.90 Å². The molecule has 1 saturated carbocycles. The van der Waals surface area contributed by atoms with Gasteiger partial charge in [0.15, 0.2) is 0 Å². The number of nitrogens with zero attached hydrogens (tertiary/aromatic N) is 2. The van der Waals surface area contributed by atoms with Crippen molar-refractivity contribution in [2.75, 3.05) is 32.7 Å². The van der Waals surface area contributed by atoms with Gasteiger partial charge in [-0.2, -0.15) is 13.2 Å². The lowest BCUT2D eigenvalue weighted by molar-refractivity contribution is -0.187. The molecule has 7 heteroatoms. The molecule has 4 nitrogen and oxygen atoms in total. The maximum atomic E-state index is 12.9. The van der Waals surface area contributed by atoms with E-state index in [-0.39, 0.29) is 18.7 Å². The third-order valence-corrected chi connectivity index (χ3v) is 4.78. The fourth-order valence-corrected chi connectivity index (χ4v) is 3.64. The highest BCUT2D eigenvalue weighted by Gasteiger charge is 2.44. The number of rotatable bonds is 3. The van der Waals surface area contributed by atoms with Crippen LogP contribution in [-0.2, 0) is 4.79 Å². The molecule has 2 aliphatic rings. The van der Waals surface area contributed by atoms with Gasteiger partial charge in [-0.25, -0.2) is 0 Å². The van der Waals surface area contributed by atoms with E-state index in [9.17, 15) is 23.1 Å². The van der Waals surface area contributed by atoms with Gasteiger partial charge < -0.3 is 10.0 Å². The maximum Gasteiger partial charge on any atom is 0.391 e. The van der Waals surface area contributed by atoms with Crippen molar-refractivity contribution in [3.63, 3.8) is 0 Å². The van der Waals surface area contributed by atoms with E-state index < -0.39 is 23.6 Å². The molecular formula is C16H27F3N2O2. The van der Waals surface area contributed by atoms with Crippen LogP contribution in [0.2, 0.25) is 0 Å². The summed E-state index contributed by atoms with van der Waals surface area (Å²) >= 11 is 0. The van der Waals surface area contributed by atoms with Crippen molar-refractivity contribution >= 4 is 5.91 Å². The number of hydrogen-bond donors (Lipinski definition) is 1. The van der Waals surface area contributed by atoms with Crippen LogP contribution in [0.15, 0.2) is 0 Å². The SMILES string of the molecule is CC(C)(O)CN1CCN(C(=O)[C@H]2CCC[C@H](C(F)(F)F)C2)CC1. The van der Waals surface area contributed by atoms with Gasteiger partial charge in [0.05, 0.1) is 11.5 Å². The number of hydrogen-bond acceptors (Lipinski definition) is 3. The summed E-state index contributed by atoms with van der Waals surface area (Å²) in [4.78, 5) is 16.3. The second kappa shape index (κ2) is 6.97. The van der Waals surface area contributed by atoms with Gasteiger partial charge in [-0.05, 0) is 33.1 Å². The average Bonchev–Trinajstić information content (AvgIpc) is 2.45. The quantitative estimate of drug-likeness (QED) is 0.860. The van der Waals surface area contributed by atoms with Crippen LogP contribution in [0.1, 0.15) is 39.5 Å². The summed E-state index contributed by atoms with van der Waals surface area (Å²) in [5.74, 6) is -1.94. The number of halogens is 3. The lowest BCUT2D eigenvalue weighted by Gasteiger charge is -2.39. The molecule has 1 saturated heterocycles. The summed E-state index contributed by atoms with van der Waals surface area (Å²) in [7, 11) is 0. The smallest absolute Gasteiger partial charge is 0.389 e. The topological polar surface area (TPSA) is 43.8 Å². The Bertz CT molecular complexity index is 413. The summed E-state index contributed by atoms with van der Waals surface area (Å²) in [5.41, 5.74) is -0.782. The maximum absolute atomic E-state index is 12.9. The molecule has 0 bridgehead atoms. The van der Waals surface area contributed by atoms with E-state index in [0.29, 0.717) is 45.6 Å². The molecular weight excluding hydrogens is 309 g/mol. The zero-order valence-corrected chi connectivity index (χ0v) is 13.9. The summed E-state index contributed by atoms with van der Waals surface area (Å²) < 4.78 is 38.6. The molecule has 0 unspecified atom stereocenters. The molecule has 23 heavy (non-hydrogen) atoms. The minimum Gasteiger partial charge on any atom is -0.389 e. The van der Waals surface area contributed by atoms with Crippen LogP contribution >= 0.6 is 0 Å². The molecule has 1 N–H and O–H groups in total. The molecule has 2 rings (SSSR count). The molecule has 0 radical (unpaired) electrons. The molecule has 1 aliphatic carbocycles. The zero-order valence-electron chi connectivity index (χ0n) is 13.9. The Morgan fingerprint density at radius 1 is 1.13 bits per heavy atom. The van der Waals surface area contributed by atoms with Gasteiger partial charge in [-0.1, -0.05) is 6.42 Å². The number of piperazine rings is 1. The zero-order chi connectivity index (χ0) is 17.3. The van der Waals surface area contributed by atoms with Gasteiger partial charge >= 0.3 is 6.18 Å². The molecule has 0 aromatic rings.